The van der Waals surface area contributed by atoms with Crippen LogP contribution < -0.4 is 5.32 Å². The first kappa shape index (κ1) is 13.8. The highest BCUT2D eigenvalue weighted by Crippen LogP contribution is 2.18. The van der Waals surface area contributed by atoms with Gasteiger partial charge in [-0.25, -0.2) is 8.78 Å². The minimum absolute atomic E-state index is 0.120. The van der Waals surface area contributed by atoms with Crippen molar-refractivity contribution in [3.63, 3.8) is 0 Å². The summed E-state index contributed by atoms with van der Waals surface area (Å²) in [5, 5.41) is 4.19. The maximum atomic E-state index is 13.5. The largest absolute Gasteiger partial charge is 0.460 e. The smallest absolute Gasteiger partial charge is 0.134 e. The van der Waals surface area contributed by atoms with Crippen LogP contribution in [0.5, 0.6) is 0 Å². The SMILES string of the molecule is Fc1cccc(F)c1CCNCc1cc2ccccc2o1. The highest BCUT2D eigenvalue weighted by atomic mass is 19.1. The van der Waals surface area contributed by atoms with Gasteiger partial charge >= 0.3 is 0 Å². The summed E-state index contributed by atoms with van der Waals surface area (Å²) in [4.78, 5) is 0. The molecule has 1 N–H and O–H groups in total. The van der Waals surface area contributed by atoms with Crippen molar-refractivity contribution in [2.24, 2.45) is 0 Å². The van der Waals surface area contributed by atoms with Gasteiger partial charge in [0.15, 0.2) is 0 Å². The molecule has 0 saturated carbocycles. The number of hydrogen-bond donors (Lipinski definition) is 1. The first-order valence-electron chi connectivity index (χ1n) is 6.85. The summed E-state index contributed by atoms with van der Waals surface area (Å²) in [6, 6.07) is 13.7. The molecule has 1 aromatic heterocycles. The standard InChI is InChI=1S/C17H15F2NO/c18-15-5-3-6-16(19)14(15)8-9-20-11-13-10-12-4-1-2-7-17(12)21-13/h1-7,10,20H,8-9,11H2. The Morgan fingerprint density at radius 1 is 0.952 bits per heavy atom. The van der Waals surface area contributed by atoms with Crippen LogP contribution in [0, 0.1) is 11.6 Å². The van der Waals surface area contributed by atoms with Gasteiger partial charge in [0.2, 0.25) is 0 Å². The minimum Gasteiger partial charge on any atom is -0.460 e. The van der Waals surface area contributed by atoms with Gasteiger partial charge < -0.3 is 9.73 Å². The summed E-state index contributed by atoms with van der Waals surface area (Å²) in [6.45, 7) is 1.01. The Bertz CT molecular complexity index is 698. The van der Waals surface area contributed by atoms with Gasteiger partial charge in [-0.3, -0.25) is 0 Å². The third-order valence-electron chi connectivity index (χ3n) is 3.39. The van der Waals surface area contributed by atoms with Crippen molar-refractivity contribution in [2.75, 3.05) is 6.54 Å². The lowest BCUT2D eigenvalue weighted by molar-refractivity contribution is 0.507. The Morgan fingerprint density at radius 3 is 2.48 bits per heavy atom. The van der Waals surface area contributed by atoms with Crippen LogP contribution in [0.15, 0.2) is 52.9 Å². The van der Waals surface area contributed by atoms with Gasteiger partial charge in [0.1, 0.15) is 23.0 Å². The zero-order valence-corrected chi connectivity index (χ0v) is 11.4. The molecule has 0 aliphatic heterocycles. The van der Waals surface area contributed by atoms with Crippen LogP contribution in [0.1, 0.15) is 11.3 Å². The minimum atomic E-state index is -0.500. The van der Waals surface area contributed by atoms with Crippen molar-refractivity contribution in [2.45, 2.75) is 13.0 Å². The Labute approximate surface area is 121 Å². The molecule has 1 heterocycles. The second-order valence-electron chi connectivity index (χ2n) is 4.88. The molecule has 0 saturated heterocycles. The molecule has 3 aromatic rings. The van der Waals surface area contributed by atoms with Crippen LogP contribution in [0.2, 0.25) is 0 Å². The molecule has 2 aromatic carbocycles. The number of fused-ring (bicyclic) bond motifs is 1. The van der Waals surface area contributed by atoms with Crippen molar-refractivity contribution in [3.8, 4) is 0 Å². The number of halogens is 2. The van der Waals surface area contributed by atoms with E-state index < -0.39 is 11.6 Å². The van der Waals surface area contributed by atoms with E-state index in [0.29, 0.717) is 19.5 Å². The van der Waals surface area contributed by atoms with E-state index in [9.17, 15) is 8.78 Å². The van der Waals surface area contributed by atoms with Crippen LogP contribution in [0.4, 0.5) is 8.78 Å². The molecule has 4 heteroatoms. The average Bonchev–Trinajstić information content (AvgIpc) is 2.88. The Balaban J connectivity index is 1.56. The van der Waals surface area contributed by atoms with Crippen molar-refractivity contribution in [3.05, 3.63) is 71.5 Å². The van der Waals surface area contributed by atoms with Crippen LogP contribution in [-0.4, -0.2) is 6.54 Å². The monoisotopic (exact) mass is 287 g/mol. The Hall–Kier alpha value is -2.20. The van der Waals surface area contributed by atoms with Gasteiger partial charge in [0.25, 0.3) is 0 Å². The van der Waals surface area contributed by atoms with Crippen molar-refractivity contribution >= 4 is 11.0 Å². The van der Waals surface area contributed by atoms with Gasteiger partial charge in [0, 0.05) is 10.9 Å². The molecule has 0 fully saturated rings. The molecule has 0 bridgehead atoms. The summed E-state index contributed by atoms with van der Waals surface area (Å²) >= 11 is 0. The highest BCUT2D eigenvalue weighted by Gasteiger charge is 2.08. The summed E-state index contributed by atoms with van der Waals surface area (Å²) in [7, 11) is 0. The molecule has 21 heavy (non-hydrogen) atoms. The van der Waals surface area contributed by atoms with Gasteiger partial charge in [-0.05, 0) is 37.2 Å². The van der Waals surface area contributed by atoms with Crippen molar-refractivity contribution in [1.29, 1.82) is 0 Å². The maximum Gasteiger partial charge on any atom is 0.134 e. The normalized spacial score (nSPS) is 11.1. The number of nitrogens with one attached hydrogen (secondary N) is 1. The molecule has 0 atom stereocenters. The highest BCUT2D eigenvalue weighted by molar-refractivity contribution is 5.77. The zero-order valence-electron chi connectivity index (χ0n) is 11.4. The third kappa shape index (κ3) is 3.11. The second kappa shape index (κ2) is 6.06. The van der Waals surface area contributed by atoms with E-state index in [1.54, 1.807) is 0 Å². The van der Waals surface area contributed by atoms with Crippen LogP contribution in [0.25, 0.3) is 11.0 Å². The van der Waals surface area contributed by atoms with Crippen molar-refractivity contribution < 1.29 is 13.2 Å². The molecule has 0 aliphatic carbocycles. The summed E-state index contributed by atoms with van der Waals surface area (Å²) in [6.07, 6.45) is 0.304. The van der Waals surface area contributed by atoms with E-state index in [1.165, 1.54) is 18.2 Å². The lowest BCUT2D eigenvalue weighted by Gasteiger charge is -2.05. The molecule has 3 rings (SSSR count). The van der Waals surface area contributed by atoms with E-state index in [2.05, 4.69) is 5.32 Å². The van der Waals surface area contributed by atoms with E-state index in [1.807, 2.05) is 30.3 Å². The molecule has 0 spiro atoms. The maximum absolute atomic E-state index is 13.5. The van der Waals surface area contributed by atoms with Gasteiger partial charge in [-0.2, -0.15) is 0 Å². The molecule has 0 amide bonds. The summed E-state index contributed by atoms with van der Waals surface area (Å²) < 4.78 is 32.6. The van der Waals surface area contributed by atoms with E-state index in [0.717, 1.165) is 16.7 Å². The molecular formula is C17H15F2NO. The fourth-order valence-electron chi connectivity index (χ4n) is 2.32. The summed E-state index contributed by atoms with van der Waals surface area (Å²) in [5.74, 6) is -0.189. The number of para-hydroxylation sites is 1. The fraction of sp³-hybridized carbons (Fsp3) is 0.176. The van der Waals surface area contributed by atoms with Crippen LogP contribution in [0.3, 0.4) is 0 Å². The molecule has 2 nitrogen and oxygen atoms in total. The molecule has 0 radical (unpaired) electrons. The Morgan fingerprint density at radius 2 is 1.71 bits per heavy atom. The second-order valence-corrected chi connectivity index (χ2v) is 4.88. The number of rotatable bonds is 5. The lowest BCUT2D eigenvalue weighted by atomic mass is 10.1. The fourth-order valence-corrected chi connectivity index (χ4v) is 2.32. The van der Waals surface area contributed by atoms with Gasteiger partial charge in [-0.1, -0.05) is 24.3 Å². The molecule has 0 aliphatic rings. The third-order valence-corrected chi connectivity index (χ3v) is 3.39. The lowest BCUT2D eigenvalue weighted by Crippen LogP contribution is -2.17. The van der Waals surface area contributed by atoms with Crippen LogP contribution >= 0.6 is 0 Å². The quantitative estimate of drug-likeness (QED) is 0.716. The van der Waals surface area contributed by atoms with E-state index >= 15 is 0 Å². The van der Waals surface area contributed by atoms with E-state index in [-0.39, 0.29) is 5.56 Å². The van der Waals surface area contributed by atoms with Gasteiger partial charge in [-0.15, -0.1) is 0 Å². The topological polar surface area (TPSA) is 25.2 Å². The summed E-state index contributed by atoms with van der Waals surface area (Å²) in [5.41, 5.74) is 0.962. The number of benzene rings is 2. The first-order chi connectivity index (χ1) is 10.2. The van der Waals surface area contributed by atoms with Gasteiger partial charge in [0.05, 0.1) is 6.54 Å². The van der Waals surface area contributed by atoms with E-state index in [4.69, 9.17) is 4.42 Å². The first-order valence-corrected chi connectivity index (χ1v) is 6.85. The zero-order chi connectivity index (χ0) is 14.7. The number of hydrogen-bond acceptors (Lipinski definition) is 2. The Kier molecular flexibility index (Phi) is 3.97. The van der Waals surface area contributed by atoms with Crippen LogP contribution in [-0.2, 0) is 13.0 Å². The molecule has 108 valence electrons. The molecule has 0 unspecified atom stereocenters. The van der Waals surface area contributed by atoms with Crippen molar-refractivity contribution in [1.82, 2.24) is 5.32 Å². The molecular weight excluding hydrogens is 272 g/mol. The average molecular weight is 287 g/mol. The number of furan rings is 1. The predicted octanol–water partition coefficient (Wildman–Crippen LogP) is 4.04. The predicted molar refractivity (Wildman–Crippen MR) is 78.0 cm³/mol.